The van der Waals surface area contributed by atoms with E-state index < -0.39 is 0 Å². The lowest BCUT2D eigenvalue weighted by atomic mass is 10.2. The zero-order valence-electron chi connectivity index (χ0n) is 14.4. The Labute approximate surface area is 157 Å². The van der Waals surface area contributed by atoms with Crippen LogP contribution in [0.2, 0.25) is 0 Å². The van der Waals surface area contributed by atoms with Crippen molar-refractivity contribution in [2.45, 2.75) is 45.6 Å². The van der Waals surface area contributed by atoms with Gasteiger partial charge in [-0.2, -0.15) is 0 Å². The molecule has 0 unspecified atom stereocenters. The van der Waals surface area contributed by atoms with Gasteiger partial charge in [-0.05, 0) is 44.9 Å². The van der Waals surface area contributed by atoms with Crippen molar-refractivity contribution in [3.05, 3.63) is 35.0 Å². The van der Waals surface area contributed by atoms with Gasteiger partial charge in [-0.15, -0.1) is 0 Å². The molecule has 1 aliphatic rings. The molecule has 0 spiro atoms. The van der Waals surface area contributed by atoms with Crippen LogP contribution in [0.3, 0.4) is 0 Å². The van der Waals surface area contributed by atoms with E-state index in [2.05, 4.69) is 4.98 Å². The summed E-state index contributed by atoms with van der Waals surface area (Å²) in [6.45, 7) is 4.25. The maximum atomic E-state index is 12.5. The van der Waals surface area contributed by atoms with Crippen molar-refractivity contribution < 1.29 is 14.3 Å². The van der Waals surface area contributed by atoms with Crippen molar-refractivity contribution in [1.82, 2.24) is 9.88 Å². The van der Waals surface area contributed by atoms with Crippen LogP contribution in [0.5, 0.6) is 0 Å². The van der Waals surface area contributed by atoms with Crippen LogP contribution in [0, 0.1) is 0 Å². The molecule has 0 radical (unpaired) electrons. The van der Waals surface area contributed by atoms with Crippen molar-refractivity contribution in [1.29, 1.82) is 0 Å². The molecule has 2 heterocycles. The van der Waals surface area contributed by atoms with Gasteiger partial charge in [0.25, 0.3) is 5.91 Å². The summed E-state index contributed by atoms with van der Waals surface area (Å²) in [5, 5.41) is 0. The second kappa shape index (κ2) is 9.68. The molecular formula is C18H22N2O3S2. The number of hydrogen-bond donors (Lipinski definition) is 0. The standard InChI is InChI=1S/C18H22N2O3S2/c1-13(2)23-16(21)9-4-3-7-11-20-17(22)15(25-18(20)24)12-14-8-5-6-10-19-14/h5-6,8,10,12-13H,3-4,7,9,11H2,1-2H3/b15-12-. The third-order valence-electron chi connectivity index (χ3n) is 3.47. The molecule has 1 saturated heterocycles. The molecule has 0 bridgehead atoms. The van der Waals surface area contributed by atoms with Crippen molar-refractivity contribution in [2.75, 3.05) is 6.54 Å². The number of ether oxygens (including phenoxy) is 1. The highest BCUT2D eigenvalue weighted by Crippen LogP contribution is 2.32. The number of thioether (sulfide) groups is 1. The summed E-state index contributed by atoms with van der Waals surface area (Å²) in [5.41, 5.74) is 0.742. The van der Waals surface area contributed by atoms with Crippen molar-refractivity contribution in [3.8, 4) is 0 Å². The predicted molar refractivity (Wildman–Crippen MR) is 104 cm³/mol. The van der Waals surface area contributed by atoms with Gasteiger partial charge in [-0.1, -0.05) is 36.5 Å². The van der Waals surface area contributed by atoms with Gasteiger partial charge in [0.05, 0.1) is 16.7 Å². The molecule has 0 aliphatic carbocycles. The Balaban J connectivity index is 1.77. The molecule has 0 saturated carbocycles. The molecule has 25 heavy (non-hydrogen) atoms. The highest BCUT2D eigenvalue weighted by Gasteiger charge is 2.31. The number of unbranched alkanes of at least 4 members (excludes halogenated alkanes) is 2. The smallest absolute Gasteiger partial charge is 0.306 e. The average Bonchev–Trinajstić information content (AvgIpc) is 2.82. The first kappa shape index (κ1) is 19.6. The summed E-state index contributed by atoms with van der Waals surface area (Å²) in [5.74, 6) is -0.237. The summed E-state index contributed by atoms with van der Waals surface area (Å²) < 4.78 is 5.67. The molecule has 2 rings (SSSR count). The van der Waals surface area contributed by atoms with Gasteiger partial charge in [-0.3, -0.25) is 19.5 Å². The van der Waals surface area contributed by atoms with Gasteiger partial charge in [0.1, 0.15) is 4.32 Å². The second-order valence-electron chi connectivity index (χ2n) is 5.94. The Morgan fingerprint density at radius 2 is 2.16 bits per heavy atom. The minimum Gasteiger partial charge on any atom is -0.463 e. The quantitative estimate of drug-likeness (QED) is 0.297. The first-order valence-electron chi connectivity index (χ1n) is 8.33. The molecule has 5 nitrogen and oxygen atoms in total. The lowest BCUT2D eigenvalue weighted by Crippen LogP contribution is -2.29. The van der Waals surface area contributed by atoms with Crippen molar-refractivity contribution >= 4 is 46.3 Å². The number of carbonyl (C=O) groups excluding carboxylic acids is 2. The van der Waals surface area contributed by atoms with Crippen LogP contribution in [-0.2, 0) is 14.3 Å². The van der Waals surface area contributed by atoms with E-state index in [1.165, 1.54) is 11.8 Å². The van der Waals surface area contributed by atoms with Crippen molar-refractivity contribution in [3.63, 3.8) is 0 Å². The summed E-state index contributed by atoms with van der Waals surface area (Å²) in [7, 11) is 0. The maximum absolute atomic E-state index is 12.5. The molecule has 0 N–H and O–H groups in total. The predicted octanol–water partition coefficient (Wildman–Crippen LogP) is 3.79. The Kier molecular flexibility index (Phi) is 7.58. The van der Waals surface area contributed by atoms with Crippen LogP contribution in [0.25, 0.3) is 6.08 Å². The Morgan fingerprint density at radius 3 is 2.84 bits per heavy atom. The normalized spacial score (nSPS) is 16.1. The molecule has 0 atom stereocenters. The fourth-order valence-corrected chi connectivity index (χ4v) is 3.62. The minimum atomic E-state index is -0.168. The molecule has 1 amide bonds. The number of rotatable bonds is 8. The second-order valence-corrected chi connectivity index (χ2v) is 7.61. The number of carbonyl (C=O) groups is 2. The number of pyridine rings is 1. The summed E-state index contributed by atoms with van der Waals surface area (Å²) in [6, 6.07) is 5.56. The summed E-state index contributed by atoms with van der Waals surface area (Å²) in [4.78, 5) is 30.4. The van der Waals surface area contributed by atoms with Crippen LogP contribution >= 0.6 is 24.0 Å². The van der Waals surface area contributed by atoms with Gasteiger partial charge >= 0.3 is 5.97 Å². The van der Waals surface area contributed by atoms with Gasteiger partial charge < -0.3 is 4.74 Å². The molecule has 1 aromatic heterocycles. The highest BCUT2D eigenvalue weighted by atomic mass is 32.2. The SMILES string of the molecule is CC(C)OC(=O)CCCCCN1C(=O)/C(=C/c2ccccn2)SC1=S. The third-order valence-corrected chi connectivity index (χ3v) is 4.85. The lowest BCUT2D eigenvalue weighted by molar-refractivity contribution is -0.147. The van der Waals surface area contributed by atoms with Crippen molar-refractivity contribution in [2.24, 2.45) is 0 Å². The van der Waals surface area contributed by atoms with E-state index in [1.807, 2.05) is 32.0 Å². The van der Waals surface area contributed by atoms with E-state index in [4.69, 9.17) is 17.0 Å². The number of amides is 1. The number of nitrogens with zero attached hydrogens (tertiary/aromatic N) is 2. The zero-order chi connectivity index (χ0) is 18.2. The zero-order valence-corrected chi connectivity index (χ0v) is 16.1. The first-order chi connectivity index (χ1) is 12.0. The van der Waals surface area contributed by atoms with Crippen LogP contribution in [0.15, 0.2) is 29.3 Å². The number of aromatic nitrogens is 1. The molecule has 1 aliphatic heterocycles. The maximum Gasteiger partial charge on any atom is 0.306 e. The Hall–Kier alpha value is -1.73. The molecule has 7 heteroatoms. The Morgan fingerprint density at radius 1 is 1.36 bits per heavy atom. The van der Waals surface area contributed by atoms with E-state index in [1.54, 1.807) is 17.2 Å². The Bertz CT molecular complexity index is 660. The number of thiocarbonyl (C=S) groups is 1. The molecule has 0 aromatic carbocycles. The topological polar surface area (TPSA) is 59.5 Å². The van der Waals surface area contributed by atoms with E-state index in [-0.39, 0.29) is 18.0 Å². The summed E-state index contributed by atoms with van der Waals surface area (Å²) >= 11 is 6.62. The van der Waals surface area contributed by atoms with E-state index >= 15 is 0 Å². The fourth-order valence-electron chi connectivity index (χ4n) is 2.33. The van der Waals surface area contributed by atoms with Crippen LogP contribution in [0.4, 0.5) is 0 Å². The molecular weight excluding hydrogens is 356 g/mol. The molecule has 1 fully saturated rings. The number of hydrogen-bond acceptors (Lipinski definition) is 6. The van der Waals surface area contributed by atoms with E-state index in [0.717, 1.165) is 25.0 Å². The number of esters is 1. The minimum absolute atomic E-state index is 0.0696. The highest BCUT2D eigenvalue weighted by molar-refractivity contribution is 8.26. The van der Waals surface area contributed by atoms with Gasteiger partial charge in [-0.25, -0.2) is 0 Å². The van der Waals surface area contributed by atoms with E-state index in [0.29, 0.717) is 22.2 Å². The van der Waals surface area contributed by atoms with Crippen LogP contribution in [0.1, 0.15) is 45.2 Å². The van der Waals surface area contributed by atoms with E-state index in [9.17, 15) is 9.59 Å². The molecule has 1 aromatic rings. The van der Waals surface area contributed by atoms with Gasteiger partial charge in [0, 0.05) is 19.2 Å². The average molecular weight is 379 g/mol. The third kappa shape index (κ3) is 6.25. The fraction of sp³-hybridized carbons (Fsp3) is 0.444. The largest absolute Gasteiger partial charge is 0.463 e. The van der Waals surface area contributed by atoms with Gasteiger partial charge in [0.15, 0.2) is 0 Å². The first-order valence-corrected chi connectivity index (χ1v) is 9.55. The molecule has 134 valence electrons. The lowest BCUT2D eigenvalue weighted by Gasteiger charge is -2.14. The monoisotopic (exact) mass is 378 g/mol. The van der Waals surface area contributed by atoms with Gasteiger partial charge in [0.2, 0.25) is 0 Å². The van der Waals surface area contributed by atoms with Crippen LogP contribution < -0.4 is 0 Å². The summed E-state index contributed by atoms with van der Waals surface area (Å²) in [6.07, 6.45) is 6.20. The van der Waals surface area contributed by atoms with Crippen LogP contribution in [-0.4, -0.2) is 38.7 Å².